The van der Waals surface area contributed by atoms with E-state index < -0.39 is 17.5 Å². The summed E-state index contributed by atoms with van der Waals surface area (Å²) in [5.74, 6) is -0.204. The number of carbonyl (C=O) groups is 2. The molecule has 0 aliphatic carbocycles. The second-order valence-electron chi connectivity index (χ2n) is 7.26. The lowest BCUT2D eigenvalue weighted by atomic mass is 9.99. The van der Waals surface area contributed by atoms with E-state index in [0.717, 1.165) is 5.56 Å². The lowest BCUT2D eigenvalue weighted by molar-refractivity contribution is -0.141. The lowest BCUT2D eigenvalue weighted by Crippen LogP contribution is -2.32. The first-order chi connectivity index (χ1) is 12.7. The van der Waals surface area contributed by atoms with Gasteiger partial charge in [0.1, 0.15) is 18.1 Å². The highest BCUT2D eigenvalue weighted by Gasteiger charge is 2.41. The molecule has 0 amide bonds. The maximum atomic E-state index is 12.4. The van der Waals surface area contributed by atoms with Crippen LogP contribution in [0.25, 0.3) is 0 Å². The highest BCUT2D eigenvalue weighted by atomic mass is 35.5. The average molecular weight is 389 g/mol. The van der Waals surface area contributed by atoms with Crippen LogP contribution in [-0.2, 0) is 17.8 Å². The number of hydrogen-bond donors (Lipinski definition) is 1. The number of carboxylic acid groups (broad SMARTS) is 1. The molecule has 0 radical (unpaired) electrons. The third-order valence-corrected chi connectivity index (χ3v) is 4.78. The summed E-state index contributed by atoms with van der Waals surface area (Å²) >= 11 is 6.15. The van der Waals surface area contributed by atoms with Crippen molar-refractivity contribution in [2.45, 2.75) is 39.4 Å². The number of halogens is 1. The fourth-order valence-electron chi connectivity index (χ4n) is 3.00. The molecule has 0 aromatic heterocycles. The standard InChI is InChI=1S/C21H21ClO5/c1-12(20(24)25)8-13-4-6-16(7-5-13)26-11-14-9-15(22)10-17-18(14)27-21(2,3)19(17)23/h4-7,9-10,12H,8,11H2,1-3H3,(H,24,25). The molecule has 2 aromatic rings. The maximum Gasteiger partial charge on any atom is 0.306 e. The molecule has 1 aliphatic rings. The molecule has 27 heavy (non-hydrogen) atoms. The Kier molecular flexibility index (Phi) is 5.16. The molecule has 0 bridgehead atoms. The highest BCUT2D eigenvalue weighted by molar-refractivity contribution is 6.31. The molecule has 0 spiro atoms. The van der Waals surface area contributed by atoms with Crippen molar-refractivity contribution >= 4 is 23.4 Å². The van der Waals surface area contributed by atoms with Crippen LogP contribution in [0.5, 0.6) is 11.5 Å². The molecule has 1 unspecified atom stereocenters. The van der Waals surface area contributed by atoms with Gasteiger partial charge in [-0.2, -0.15) is 0 Å². The molecule has 5 nitrogen and oxygen atoms in total. The smallest absolute Gasteiger partial charge is 0.306 e. The largest absolute Gasteiger partial charge is 0.489 e. The van der Waals surface area contributed by atoms with Gasteiger partial charge in [-0.3, -0.25) is 9.59 Å². The summed E-state index contributed by atoms with van der Waals surface area (Å²) in [5.41, 5.74) is 1.20. The molecule has 142 valence electrons. The minimum Gasteiger partial charge on any atom is -0.489 e. The van der Waals surface area contributed by atoms with E-state index in [-0.39, 0.29) is 12.4 Å². The van der Waals surface area contributed by atoms with Crippen LogP contribution in [-0.4, -0.2) is 22.5 Å². The van der Waals surface area contributed by atoms with Gasteiger partial charge in [-0.05, 0) is 50.1 Å². The Labute approximate surface area is 162 Å². The molecule has 1 N–H and O–H groups in total. The van der Waals surface area contributed by atoms with Crippen molar-refractivity contribution in [3.05, 3.63) is 58.1 Å². The number of carboxylic acids is 1. The Morgan fingerprint density at radius 1 is 1.26 bits per heavy atom. The minimum atomic E-state index is -0.912. The van der Waals surface area contributed by atoms with Gasteiger partial charge in [0.25, 0.3) is 0 Å². The predicted octanol–water partition coefficient (Wildman–Crippen LogP) is 4.54. The summed E-state index contributed by atoms with van der Waals surface area (Å²) in [5, 5.41) is 9.45. The second kappa shape index (κ2) is 7.24. The van der Waals surface area contributed by atoms with Crippen LogP contribution in [0.15, 0.2) is 36.4 Å². The van der Waals surface area contributed by atoms with Crippen molar-refractivity contribution in [2.24, 2.45) is 5.92 Å². The molecular formula is C21H21ClO5. The average Bonchev–Trinajstić information content (AvgIpc) is 2.84. The van der Waals surface area contributed by atoms with E-state index in [2.05, 4.69) is 0 Å². The minimum absolute atomic E-state index is 0.0989. The Morgan fingerprint density at radius 2 is 1.93 bits per heavy atom. The molecular weight excluding hydrogens is 368 g/mol. The van der Waals surface area contributed by atoms with E-state index in [1.165, 1.54) is 0 Å². The van der Waals surface area contributed by atoms with Gasteiger partial charge >= 0.3 is 5.97 Å². The van der Waals surface area contributed by atoms with Gasteiger partial charge in [0.15, 0.2) is 5.60 Å². The third-order valence-electron chi connectivity index (χ3n) is 4.56. The first-order valence-corrected chi connectivity index (χ1v) is 9.06. The van der Waals surface area contributed by atoms with E-state index in [1.807, 2.05) is 12.1 Å². The Bertz CT molecular complexity index is 886. The summed E-state index contributed by atoms with van der Waals surface area (Å²) in [6.07, 6.45) is 0.461. The van der Waals surface area contributed by atoms with Crippen molar-refractivity contribution < 1.29 is 24.2 Å². The number of ketones is 1. The zero-order valence-corrected chi connectivity index (χ0v) is 16.2. The van der Waals surface area contributed by atoms with Crippen molar-refractivity contribution in [1.82, 2.24) is 0 Å². The van der Waals surface area contributed by atoms with Gasteiger partial charge in [0.2, 0.25) is 5.78 Å². The Balaban J connectivity index is 1.72. The van der Waals surface area contributed by atoms with E-state index in [9.17, 15) is 9.59 Å². The highest BCUT2D eigenvalue weighted by Crippen LogP contribution is 2.40. The number of rotatable bonds is 6. The molecule has 0 saturated heterocycles. The quantitative estimate of drug-likeness (QED) is 0.786. The zero-order valence-electron chi connectivity index (χ0n) is 15.4. The molecule has 1 heterocycles. The number of hydrogen-bond acceptors (Lipinski definition) is 4. The third kappa shape index (κ3) is 4.08. The van der Waals surface area contributed by atoms with Gasteiger partial charge in [-0.1, -0.05) is 30.7 Å². The monoisotopic (exact) mass is 388 g/mol. The second-order valence-corrected chi connectivity index (χ2v) is 7.70. The summed E-state index contributed by atoms with van der Waals surface area (Å²) in [6, 6.07) is 10.6. The first kappa shape index (κ1) is 19.2. The first-order valence-electron chi connectivity index (χ1n) is 8.68. The van der Waals surface area contributed by atoms with Gasteiger partial charge in [-0.15, -0.1) is 0 Å². The number of carbonyl (C=O) groups excluding carboxylic acids is 1. The molecule has 6 heteroatoms. The normalized spacial score (nSPS) is 15.8. The van der Waals surface area contributed by atoms with E-state index in [1.54, 1.807) is 45.0 Å². The van der Waals surface area contributed by atoms with Crippen LogP contribution in [0.2, 0.25) is 5.02 Å². The van der Waals surface area contributed by atoms with Gasteiger partial charge in [0, 0.05) is 10.6 Å². The number of Topliss-reactive ketones (excluding diaryl/α,β-unsaturated/α-hetero) is 1. The lowest BCUT2D eigenvalue weighted by Gasteiger charge is -2.17. The van der Waals surface area contributed by atoms with E-state index in [0.29, 0.717) is 34.1 Å². The van der Waals surface area contributed by atoms with Gasteiger partial charge in [0.05, 0.1) is 11.5 Å². The SMILES string of the molecule is CC(Cc1ccc(OCc2cc(Cl)cc3c2OC(C)(C)C3=O)cc1)C(=O)O. The van der Waals surface area contributed by atoms with Crippen LogP contribution in [0.3, 0.4) is 0 Å². The van der Waals surface area contributed by atoms with Crippen molar-refractivity contribution in [3.63, 3.8) is 0 Å². The van der Waals surface area contributed by atoms with Crippen molar-refractivity contribution in [3.8, 4) is 11.5 Å². The van der Waals surface area contributed by atoms with Gasteiger partial charge < -0.3 is 14.6 Å². The fourth-order valence-corrected chi connectivity index (χ4v) is 3.24. The summed E-state index contributed by atoms with van der Waals surface area (Å²) < 4.78 is 11.6. The van der Waals surface area contributed by atoms with Gasteiger partial charge in [-0.25, -0.2) is 0 Å². The Morgan fingerprint density at radius 3 is 2.56 bits per heavy atom. The number of benzene rings is 2. The topological polar surface area (TPSA) is 72.8 Å². The number of aliphatic carboxylic acids is 1. The molecule has 2 aromatic carbocycles. The zero-order chi connectivity index (χ0) is 19.8. The fraction of sp³-hybridized carbons (Fsp3) is 0.333. The van der Waals surface area contributed by atoms with Crippen LogP contribution in [0, 0.1) is 5.92 Å². The number of fused-ring (bicyclic) bond motifs is 1. The van der Waals surface area contributed by atoms with E-state index >= 15 is 0 Å². The molecule has 0 saturated carbocycles. The summed E-state index contributed by atoms with van der Waals surface area (Å²) in [6.45, 7) is 5.34. The van der Waals surface area contributed by atoms with Crippen LogP contribution in [0.4, 0.5) is 0 Å². The predicted molar refractivity (Wildman–Crippen MR) is 102 cm³/mol. The van der Waals surface area contributed by atoms with E-state index in [4.69, 9.17) is 26.2 Å². The molecule has 0 fully saturated rings. The molecule has 1 aliphatic heterocycles. The molecule has 1 atom stereocenters. The summed E-state index contributed by atoms with van der Waals surface area (Å²) in [7, 11) is 0. The Hall–Kier alpha value is -2.53. The molecule has 3 rings (SSSR count). The van der Waals surface area contributed by atoms with Crippen LogP contribution >= 0.6 is 11.6 Å². The maximum absolute atomic E-state index is 12.4. The van der Waals surface area contributed by atoms with Crippen LogP contribution in [0.1, 0.15) is 42.3 Å². The van der Waals surface area contributed by atoms with Crippen molar-refractivity contribution in [1.29, 1.82) is 0 Å². The van der Waals surface area contributed by atoms with Crippen LogP contribution < -0.4 is 9.47 Å². The van der Waals surface area contributed by atoms with Crippen molar-refractivity contribution in [2.75, 3.05) is 0 Å². The summed E-state index contributed by atoms with van der Waals surface area (Å²) in [4.78, 5) is 23.4. The number of ether oxygens (including phenoxy) is 2.